The van der Waals surface area contributed by atoms with Gasteiger partial charge in [-0.2, -0.15) is 4.31 Å². The van der Waals surface area contributed by atoms with Gasteiger partial charge in [-0.15, -0.1) is 0 Å². The highest BCUT2D eigenvalue weighted by atomic mass is 32.2. The Labute approximate surface area is 184 Å². The van der Waals surface area contributed by atoms with Gasteiger partial charge < -0.3 is 14.8 Å². The summed E-state index contributed by atoms with van der Waals surface area (Å²) in [5.74, 6) is 1.01. The lowest BCUT2D eigenvalue weighted by Crippen LogP contribution is -2.39. The Morgan fingerprint density at radius 3 is 2.32 bits per heavy atom. The molecule has 0 aliphatic carbocycles. The molecule has 0 bridgehead atoms. The number of hydrogen-bond acceptors (Lipinski definition) is 5. The molecule has 1 atom stereocenters. The van der Waals surface area contributed by atoms with Crippen LogP contribution in [0.25, 0.3) is 0 Å². The van der Waals surface area contributed by atoms with Gasteiger partial charge in [0.05, 0.1) is 11.4 Å². The maximum absolute atomic E-state index is 12.7. The highest BCUT2D eigenvalue weighted by molar-refractivity contribution is 7.89. The molecule has 1 N–H and O–H groups in total. The van der Waals surface area contributed by atoms with E-state index < -0.39 is 16.1 Å². The Morgan fingerprint density at radius 2 is 1.68 bits per heavy atom. The molecule has 2 aromatic rings. The number of nitrogens with zero attached hydrogens (tertiary/aromatic N) is 1. The summed E-state index contributed by atoms with van der Waals surface area (Å²) in [6.45, 7) is 3.64. The zero-order valence-electron chi connectivity index (χ0n) is 17.8. The number of carbonyl (C=O) groups excluding carboxylic acids is 1. The average Bonchev–Trinajstić information content (AvgIpc) is 2.81. The fourth-order valence-electron chi connectivity index (χ4n) is 3.40. The Balaban J connectivity index is 1.44. The molecule has 0 aromatic heterocycles. The SMILES string of the molecule is CC[C@@H](Oc1ccccc1)C(=O)NCCOc1ccc(S(=O)(=O)N2CCCCC2)cc1. The standard InChI is InChI=1S/C23H30N2O5S/c1-2-22(30-20-9-5-3-6-10-20)23(26)24-15-18-29-19-11-13-21(14-12-19)31(27,28)25-16-7-4-8-17-25/h3,5-6,9-14,22H,2,4,7-8,15-18H2,1H3,(H,24,26)/t22-/m1/s1. The van der Waals surface area contributed by atoms with Gasteiger partial charge in [-0.25, -0.2) is 8.42 Å². The van der Waals surface area contributed by atoms with Gasteiger partial charge in [0.1, 0.15) is 18.1 Å². The average molecular weight is 447 g/mol. The van der Waals surface area contributed by atoms with Gasteiger partial charge in [-0.1, -0.05) is 31.5 Å². The van der Waals surface area contributed by atoms with Crippen LogP contribution in [0, 0.1) is 0 Å². The first-order chi connectivity index (χ1) is 15.0. The molecule has 3 rings (SSSR count). The van der Waals surface area contributed by atoms with E-state index in [0.29, 0.717) is 37.6 Å². The number of benzene rings is 2. The van der Waals surface area contributed by atoms with Crippen molar-refractivity contribution in [2.75, 3.05) is 26.2 Å². The van der Waals surface area contributed by atoms with Crippen molar-refractivity contribution in [2.24, 2.45) is 0 Å². The molecular weight excluding hydrogens is 416 g/mol. The maximum Gasteiger partial charge on any atom is 0.261 e. The van der Waals surface area contributed by atoms with Gasteiger partial charge in [-0.05, 0) is 55.7 Å². The number of amides is 1. The van der Waals surface area contributed by atoms with Crippen LogP contribution in [0.1, 0.15) is 32.6 Å². The monoisotopic (exact) mass is 446 g/mol. The smallest absolute Gasteiger partial charge is 0.261 e. The minimum absolute atomic E-state index is 0.196. The number of piperidine rings is 1. The predicted octanol–water partition coefficient (Wildman–Crippen LogP) is 3.21. The first kappa shape index (κ1) is 23.1. The number of hydrogen-bond donors (Lipinski definition) is 1. The normalized spacial score (nSPS) is 15.8. The van der Waals surface area contributed by atoms with E-state index in [0.717, 1.165) is 19.3 Å². The van der Waals surface area contributed by atoms with E-state index in [1.54, 1.807) is 28.6 Å². The van der Waals surface area contributed by atoms with Gasteiger partial charge in [0.2, 0.25) is 10.0 Å². The van der Waals surface area contributed by atoms with E-state index in [9.17, 15) is 13.2 Å². The van der Waals surface area contributed by atoms with Gasteiger partial charge in [0.25, 0.3) is 5.91 Å². The lowest BCUT2D eigenvalue weighted by molar-refractivity contribution is -0.128. The fourth-order valence-corrected chi connectivity index (χ4v) is 4.92. The number of rotatable bonds is 10. The van der Waals surface area contributed by atoms with Gasteiger partial charge in [0.15, 0.2) is 6.10 Å². The Kier molecular flexibility index (Phi) is 8.31. The van der Waals surface area contributed by atoms with Crippen molar-refractivity contribution in [2.45, 2.75) is 43.6 Å². The second-order valence-electron chi connectivity index (χ2n) is 7.40. The van der Waals surface area contributed by atoms with Crippen molar-refractivity contribution in [3.05, 3.63) is 54.6 Å². The van der Waals surface area contributed by atoms with Crippen LogP contribution in [0.5, 0.6) is 11.5 Å². The minimum Gasteiger partial charge on any atom is -0.492 e. The number of ether oxygens (including phenoxy) is 2. The molecule has 1 aliphatic heterocycles. The van der Waals surface area contributed by atoms with Crippen LogP contribution in [-0.2, 0) is 14.8 Å². The predicted molar refractivity (Wildman–Crippen MR) is 119 cm³/mol. The third kappa shape index (κ3) is 6.45. The number of sulfonamides is 1. The largest absolute Gasteiger partial charge is 0.492 e. The molecule has 0 unspecified atom stereocenters. The summed E-state index contributed by atoms with van der Waals surface area (Å²) in [4.78, 5) is 12.6. The zero-order chi connectivity index (χ0) is 22.1. The number of carbonyl (C=O) groups is 1. The molecule has 0 radical (unpaired) electrons. The molecule has 31 heavy (non-hydrogen) atoms. The first-order valence-corrected chi connectivity index (χ1v) is 12.2. The molecule has 1 fully saturated rings. The van der Waals surface area contributed by atoms with Gasteiger partial charge in [-0.3, -0.25) is 4.79 Å². The van der Waals surface area contributed by atoms with Gasteiger partial charge in [0, 0.05) is 13.1 Å². The molecule has 0 saturated carbocycles. The van der Waals surface area contributed by atoms with Crippen LogP contribution < -0.4 is 14.8 Å². The van der Waals surface area contributed by atoms with E-state index in [1.807, 2.05) is 37.3 Å². The molecule has 0 spiro atoms. The second-order valence-corrected chi connectivity index (χ2v) is 9.34. The molecule has 1 saturated heterocycles. The first-order valence-electron chi connectivity index (χ1n) is 10.7. The summed E-state index contributed by atoms with van der Waals surface area (Å²) in [6.07, 6.45) is 2.87. The van der Waals surface area contributed by atoms with E-state index in [1.165, 1.54) is 0 Å². The van der Waals surface area contributed by atoms with Crippen molar-refractivity contribution in [3.8, 4) is 11.5 Å². The molecule has 1 aliphatic rings. The van der Waals surface area contributed by atoms with Crippen LogP contribution >= 0.6 is 0 Å². The molecule has 168 valence electrons. The van der Waals surface area contributed by atoms with Crippen molar-refractivity contribution in [1.29, 1.82) is 0 Å². The Hall–Kier alpha value is -2.58. The summed E-state index contributed by atoms with van der Waals surface area (Å²) in [5.41, 5.74) is 0. The summed E-state index contributed by atoms with van der Waals surface area (Å²) in [5, 5.41) is 2.81. The highest BCUT2D eigenvalue weighted by Crippen LogP contribution is 2.22. The number of para-hydroxylation sites is 1. The molecule has 1 heterocycles. The topological polar surface area (TPSA) is 84.9 Å². The van der Waals surface area contributed by atoms with Crippen LogP contribution in [0.15, 0.2) is 59.5 Å². The van der Waals surface area contributed by atoms with E-state index in [-0.39, 0.29) is 17.4 Å². The summed E-state index contributed by atoms with van der Waals surface area (Å²) < 4.78 is 38.3. The van der Waals surface area contributed by atoms with Crippen LogP contribution in [0.2, 0.25) is 0 Å². The second kappa shape index (κ2) is 11.2. The quantitative estimate of drug-likeness (QED) is 0.567. The molecule has 7 nitrogen and oxygen atoms in total. The Morgan fingerprint density at radius 1 is 1.00 bits per heavy atom. The Bertz CT molecular complexity index is 926. The van der Waals surface area contributed by atoms with Crippen LogP contribution in [-0.4, -0.2) is 51.0 Å². The van der Waals surface area contributed by atoms with Crippen LogP contribution in [0.3, 0.4) is 0 Å². The summed E-state index contributed by atoms with van der Waals surface area (Å²) >= 11 is 0. The number of nitrogens with one attached hydrogen (secondary N) is 1. The fraction of sp³-hybridized carbons (Fsp3) is 0.435. The lowest BCUT2D eigenvalue weighted by Gasteiger charge is -2.25. The minimum atomic E-state index is -3.45. The third-order valence-corrected chi connectivity index (χ3v) is 7.04. The van der Waals surface area contributed by atoms with E-state index in [4.69, 9.17) is 9.47 Å². The van der Waals surface area contributed by atoms with Gasteiger partial charge >= 0.3 is 0 Å². The highest BCUT2D eigenvalue weighted by Gasteiger charge is 2.25. The zero-order valence-corrected chi connectivity index (χ0v) is 18.6. The summed E-state index contributed by atoms with van der Waals surface area (Å²) in [7, 11) is -3.45. The molecule has 1 amide bonds. The summed E-state index contributed by atoms with van der Waals surface area (Å²) in [6, 6.07) is 15.7. The van der Waals surface area contributed by atoms with Crippen molar-refractivity contribution < 1.29 is 22.7 Å². The van der Waals surface area contributed by atoms with E-state index >= 15 is 0 Å². The van der Waals surface area contributed by atoms with Crippen molar-refractivity contribution >= 4 is 15.9 Å². The van der Waals surface area contributed by atoms with E-state index in [2.05, 4.69) is 5.32 Å². The van der Waals surface area contributed by atoms with Crippen molar-refractivity contribution in [3.63, 3.8) is 0 Å². The molecular formula is C23H30N2O5S. The maximum atomic E-state index is 12.7. The van der Waals surface area contributed by atoms with Crippen molar-refractivity contribution in [1.82, 2.24) is 9.62 Å². The third-order valence-electron chi connectivity index (χ3n) is 5.13. The molecule has 2 aromatic carbocycles. The molecule has 8 heteroatoms. The lowest BCUT2D eigenvalue weighted by atomic mass is 10.2. The van der Waals surface area contributed by atoms with Crippen LogP contribution in [0.4, 0.5) is 0 Å².